The van der Waals surface area contributed by atoms with Crippen molar-refractivity contribution >= 4 is 14.2 Å². The molecule has 0 saturated carbocycles. The predicted octanol–water partition coefficient (Wildman–Crippen LogP) is 3.22. The number of carbonyl (C=O) groups excluding carboxylic acids is 1. The number of carbonyl (C=O) groups is 1. The van der Waals surface area contributed by atoms with Gasteiger partial charge in [-0.25, -0.2) is 4.79 Å². The molecule has 27 heavy (non-hydrogen) atoms. The third kappa shape index (κ3) is 14.3. The van der Waals surface area contributed by atoms with E-state index in [9.17, 15) is 4.79 Å². The lowest BCUT2D eigenvalue weighted by Gasteiger charge is -2.16. The normalized spacial score (nSPS) is 11.6. The van der Waals surface area contributed by atoms with Crippen molar-refractivity contribution in [3.8, 4) is 0 Å². The molecule has 0 radical (unpaired) electrons. The molecule has 0 aliphatic heterocycles. The summed E-state index contributed by atoms with van der Waals surface area (Å²) in [6.45, 7) is 11.7. The molecule has 154 valence electrons. The summed E-state index contributed by atoms with van der Waals surface area (Å²) in [5.41, 5.74) is 1.30. The van der Waals surface area contributed by atoms with Gasteiger partial charge in [-0.1, -0.05) is 50.0 Å². The van der Waals surface area contributed by atoms with Crippen LogP contribution in [0.25, 0.3) is 0 Å². The zero-order valence-corrected chi connectivity index (χ0v) is 18.3. The van der Waals surface area contributed by atoms with Crippen molar-refractivity contribution in [1.29, 1.82) is 0 Å². The molecule has 0 aromatic heterocycles. The zero-order valence-electron chi connectivity index (χ0n) is 17.3. The largest absolute Gasteiger partial charge is 0.450 e. The van der Waals surface area contributed by atoms with Gasteiger partial charge in [0.25, 0.3) is 0 Å². The average Bonchev–Trinajstić information content (AvgIpc) is 2.60. The molecule has 1 aromatic carbocycles. The van der Waals surface area contributed by atoms with Crippen molar-refractivity contribution in [1.82, 2.24) is 10.2 Å². The fourth-order valence-electron chi connectivity index (χ4n) is 2.24. The first kappa shape index (κ1) is 23.6. The topological polar surface area (TPSA) is 60.0 Å². The van der Waals surface area contributed by atoms with E-state index in [1.165, 1.54) is 5.56 Å². The van der Waals surface area contributed by atoms with Crippen LogP contribution in [0, 0.1) is 0 Å². The van der Waals surface area contributed by atoms with E-state index in [0.717, 1.165) is 19.1 Å². The molecule has 0 fully saturated rings. The van der Waals surface area contributed by atoms with E-state index >= 15 is 0 Å². The molecule has 0 bridgehead atoms. The molecule has 0 unspecified atom stereocenters. The van der Waals surface area contributed by atoms with Crippen molar-refractivity contribution in [3.05, 3.63) is 35.9 Å². The smallest absolute Gasteiger partial charge is 0.407 e. The van der Waals surface area contributed by atoms with Gasteiger partial charge < -0.3 is 19.5 Å². The van der Waals surface area contributed by atoms with E-state index in [2.05, 4.69) is 61.2 Å². The number of benzene rings is 1. The number of likely N-dealkylation sites (N-methyl/N-ethyl adjacent to an activating group) is 1. The highest BCUT2D eigenvalue weighted by molar-refractivity contribution is 6.76. The Balaban J connectivity index is 1.88. The average molecular weight is 397 g/mol. The molecule has 7 heteroatoms. The summed E-state index contributed by atoms with van der Waals surface area (Å²) < 4.78 is 16.2. The van der Waals surface area contributed by atoms with E-state index in [1.807, 2.05) is 6.07 Å². The number of nitrogens with one attached hydrogen (secondary N) is 1. The second kappa shape index (κ2) is 13.7. The summed E-state index contributed by atoms with van der Waals surface area (Å²) in [5, 5.41) is 2.69. The first-order valence-electron chi connectivity index (χ1n) is 9.65. The van der Waals surface area contributed by atoms with Crippen molar-refractivity contribution in [2.45, 2.75) is 32.2 Å². The Morgan fingerprint density at radius 3 is 2.33 bits per heavy atom. The van der Waals surface area contributed by atoms with Crippen LogP contribution in [0.3, 0.4) is 0 Å². The summed E-state index contributed by atoms with van der Waals surface area (Å²) in [6, 6.07) is 11.4. The van der Waals surface area contributed by atoms with E-state index < -0.39 is 8.07 Å². The minimum atomic E-state index is -1.16. The van der Waals surface area contributed by atoms with Gasteiger partial charge in [-0.15, -0.1) is 0 Å². The molecule has 6 nitrogen and oxygen atoms in total. The number of alkyl carbamates (subject to hydrolysis) is 1. The maximum Gasteiger partial charge on any atom is 0.407 e. The molecule has 0 atom stereocenters. The lowest BCUT2D eigenvalue weighted by molar-refractivity contribution is 0.0410. The van der Waals surface area contributed by atoms with Crippen LogP contribution in [-0.2, 0) is 20.8 Å². The molecule has 0 saturated heterocycles. The molecular weight excluding hydrogens is 360 g/mol. The highest BCUT2D eigenvalue weighted by Crippen LogP contribution is 2.07. The Bertz CT molecular complexity index is 508. The van der Waals surface area contributed by atoms with E-state index in [1.54, 1.807) is 0 Å². The highest BCUT2D eigenvalue weighted by Gasteiger charge is 2.13. The quantitative estimate of drug-likeness (QED) is 0.386. The second-order valence-corrected chi connectivity index (χ2v) is 13.4. The van der Waals surface area contributed by atoms with Gasteiger partial charge in [-0.05, 0) is 18.7 Å². The predicted molar refractivity (Wildman–Crippen MR) is 112 cm³/mol. The molecule has 1 amide bonds. The Hall–Kier alpha value is -1.41. The Morgan fingerprint density at radius 1 is 1.00 bits per heavy atom. The van der Waals surface area contributed by atoms with Gasteiger partial charge in [0.15, 0.2) is 0 Å². The van der Waals surface area contributed by atoms with Crippen LogP contribution in [-0.4, -0.2) is 72.2 Å². The van der Waals surface area contributed by atoms with Gasteiger partial charge in [-0.2, -0.15) is 0 Å². The van der Waals surface area contributed by atoms with Gasteiger partial charge in [0.2, 0.25) is 0 Å². The van der Waals surface area contributed by atoms with Gasteiger partial charge in [0, 0.05) is 27.7 Å². The molecule has 0 aliphatic rings. The lowest BCUT2D eigenvalue weighted by Crippen LogP contribution is -2.30. The Labute approximate surface area is 165 Å². The molecular formula is C20H36N2O4Si. The molecule has 1 aromatic rings. The first-order valence-corrected chi connectivity index (χ1v) is 13.4. The van der Waals surface area contributed by atoms with Crippen molar-refractivity contribution in [3.63, 3.8) is 0 Å². The maximum absolute atomic E-state index is 11.5. The van der Waals surface area contributed by atoms with Crippen LogP contribution < -0.4 is 5.32 Å². The van der Waals surface area contributed by atoms with Crippen LogP contribution in [0.2, 0.25) is 25.7 Å². The van der Waals surface area contributed by atoms with E-state index in [-0.39, 0.29) is 6.09 Å². The fraction of sp³-hybridized carbons (Fsp3) is 0.650. The molecule has 0 heterocycles. The molecule has 0 aliphatic carbocycles. The van der Waals surface area contributed by atoms with E-state index in [4.69, 9.17) is 14.2 Å². The van der Waals surface area contributed by atoms with Crippen molar-refractivity contribution in [2.24, 2.45) is 0 Å². The molecule has 1 N–H and O–H groups in total. The number of hydrogen-bond acceptors (Lipinski definition) is 5. The summed E-state index contributed by atoms with van der Waals surface area (Å²) in [7, 11) is 0.927. The lowest BCUT2D eigenvalue weighted by atomic mass is 10.2. The second-order valence-electron chi connectivity index (χ2n) is 7.82. The molecule has 0 spiro atoms. The number of hydrogen-bond donors (Lipinski definition) is 1. The third-order valence-corrected chi connectivity index (χ3v) is 5.59. The minimum Gasteiger partial charge on any atom is -0.450 e. The minimum absolute atomic E-state index is 0.366. The van der Waals surface area contributed by atoms with Crippen LogP contribution >= 0.6 is 0 Å². The summed E-state index contributed by atoms with van der Waals surface area (Å²) in [4.78, 5) is 13.7. The SMILES string of the molecule is CN(CCOCCOCCNC(=O)OCC[Si](C)(C)C)Cc1ccccc1. The summed E-state index contributed by atoms with van der Waals surface area (Å²) >= 11 is 0. The first-order chi connectivity index (χ1) is 12.9. The molecule has 1 rings (SSSR count). The fourth-order valence-corrected chi connectivity index (χ4v) is 2.96. The summed E-state index contributed by atoms with van der Waals surface area (Å²) in [5.74, 6) is 0. The number of ether oxygens (including phenoxy) is 3. The number of rotatable bonds is 14. The van der Waals surface area contributed by atoms with Crippen LogP contribution in [0.4, 0.5) is 4.79 Å². The van der Waals surface area contributed by atoms with Crippen LogP contribution in [0.1, 0.15) is 5.56 Å². The maximum atomic E-state index is 11.5. The van der Waals surface area contributed by atoms with Gasteiger partial charge in [0.05, 0.1) is 33.0 Å². The number of nitrogens with zero attached hydrogens (tertiary/aromatic N) is 1. The highest BCUT2D eigenvalue weighted by atomic mass is 28.3. The monoisotopic (exact) mass is 396 g/mol. The number of amides is 1. The van der Waals surface area contributed by atoms with Crippen molar-refractivity contribution < 1.29 is 19.0 Å². The third-order valence-electron chi connectivity index (χ3n) is 3.89. The Kier molecular flexibility index (Phi) is 12.0. The standard InChI is InChI=1S/C20H36N2O4Si/c1-22(18-19-8-6-5-7-9-19)11-13-25-15-14-24-12-10-21-20(23)26-16-17-27(2,3)4/h5-9H,10-18H2,1-4H3,(H,21,23). The van der Waals surface area contributed by atoms with Crippen LogP contribution in [0.15, 0.2) is 30.3 Å². The van der Waals surface area contributed by atoms with Gasteiger partial charge in [0.1, 0.15) is 0 Å². The van der Waals surface area contributed by atoms with Crippen LogP contribution in [0.5, 0.6) is 0 Å². The van der Waals surface area contributed by atoms with Crippen molar-refractivity contribution in [2.75, 3.05) is 53.2 Å². The Morgan fingerprint density at radius 2 is 1.67 bits per heavy atom. The van der Waals surface area contributed by atoms with Gasteiger partial charge >= 0.3 is 6.09 Å². The van der Waals surface area contributed by atoms with Gasteiger partial charge in [-0.3, -0.25) is 4.90 Å². The summed E-state index contributed by atoms with van der Waals surface area (Å²) in [6.07, 6.45) is -0.366. The zero-order chi connectivity index (χ0) is 20.0. The van der Waals surface area contributed by atoms with E-state index in [0.29, 0.717) is 39.6 Å².